The first-order chi connectivity index (χ1) is 13.0. The summed E-state index contributed by atoms with van der Waals surface area (Å²) in [5.41, 5.74) is 1.65. The van der Waals surface area contributed by atoms with Crippen LogP contribution in [0.25, 0.3) is 11.0 Å². The number of likely N-dealkylation sites (tertiary alicyclic amines) is 1. The number of carbonyl (C=O) groups excluding carboxylic acids is 2. The fourth-order valence-corrected chi connectivity index (χ4v) is 3.03. The van der Waals surface area contributed by atoms with Gasteiger partial charge >= 0.3 is 5.97 Å². The van der Waals surface area contributed by atoms with Crippen molar-refractivity contribution in [2.75, 3.05) is 25.2 Å². The molecule has 0 radical (unpaired) electrons. The Labute approximate surface area is 157 Å². The van der Waals surface area contributed by atoms with Crippen LogP contribution in [0.3, 0.4) is 0 Å². The fraction of sp³-hybridized carbons (Fsp3) is 0.421. The van der Waals surface area contributed by atoms with E-state index in [1.807, 2.05) is 19.9 Å². The quantitative estimate of drug-likeness (QED) is 0.440. The molecule has 144 valence electrons. The molecule has 8 heteroatoms. The van der Waals surface area contributed by atoms with Crippen molar-refractivity contribution < 1.29 is 19.1 Å². The summed E-state index contributed by atoms with van der Waals surface area (Å²) >= 11 is 0. The summed E-state index contributed by atoms with van der Waals surface area (Å²) in [6, 6.07) is 1.88. The molecular formula is C19H24N4O4. The number of aromatic amines is 1. The third-order valence-corrected chi connectivity index (χ3v) is 4.42. The number of amides is 1. The van der Waals surface area contributed by atoms with Gasteiger partial charge in [0, 0.05) is 36.9 Å². The molecule has 1 aliphatic rings. The predicted molar refractivity (Wildman–Crippen MR) is 101 cm³/mol. The van der Waals surface area contributed by atoms with Gasteiger partial charge in [0.2, 0.25) is 5.91 Å². The molecule has 2 aromatic rings. The van der Waals surface area contributed by atoms with Crippen LogP contribution in [-0.2, 0) is 14.3 Å². The van der Waals surface area contributed by atoms with Gasteiger partial charge in [0.05, 0.1) is 11.8 Å². The highest BCUT2D eigenvalue weighted by Gasteiger charge is 2.27. The molecule has 8 nitrogen and oxygen atoms in total. The van der Waals surface area contributed by atoms with E-state index in [1.54, 1.807) is 11.1 Å². The van der Waals surface area contributed by atoms with Crippen molar-refractivity contribution in [1.29, 1.82) is 0 Å². The minimum absolute atomic E-state index is 0.0212. The van der Waals surface area contributed by atoms with Gasteiger partial charge in [0.25, 0.3) is 0 Å². The number of pyridine rings is 1. The van der Waals surface area contributed by atoms with Gasteiger partial charge in [0.15, 0.2) is 6.79 Å². The van der Waals surface area contributed by atoms with E-state index in [2.05, 4.69) is 21.9 Å². The van der Waals surface area contributed by atoms with Crippen LogP contribution in [0.4, 0.5) is 5.69 Å². The van der Waals surface area contributed by atoms with Crippen molar-refractivity contribution >= 4 is 28.6 Å². The van der Waals surface area contributed by atoms with Crippen molar-refractivity contribution in [1.82, 2.24) is 14.9 Å². The Morgan fingerprint density at radius 1 is 1.52 bits per heavy atom. The van der Waals surface area contributed by atoms with Crippen molar-refractivity contribution in [3.63, 3.8) is 0 Å². The molecule has 0 aliphatic carbocycles. The van der Waals surface area contributed by atoms with E-state index in [9.17, 15) is 9.59 Å². The Bertz CT molecular complexity index is 845. The monoisotopic (exact) mass is 372 g/mol. The molecule has 0 spiro atoms. The molecule has 3 heterocycles. The molecule has 2 aromatic heterocycles. The van der Waals surface area contributed by atoms with E-state index in [-0.39, 0.29) is 24.8 Å². The highest BCUT2D eigenvalue weighted by atomic mass is 16.7. The number of aromatic nitrogens is 2. The lowest BCUT2D eigenvalue weighted by atomic mass is 10.1. The number of fused-ring (bicyclic) bond motifs is 1. The lowest BCUT2D eigenvalue weighted by Gasteiger charge is -2.19. The number of H-pyrrole nitrogens is 1. The number of nitrogens with zero attached hydrogens (tertiary/aromatic N) is 2. The fourth-order valence-electron chi connectivity index (χ4n) is 3.03. The number of esters is 1. The maximum atomic E-state index is 12.5. The van der Waals surface area contributed by atoms with E-state index in [0.717, 1.165) is 11.8 Å². The molecule has 3 rings (SSSR count). The summed E-state index contributed by atoms with van der Waals surface area (Å²) in [5.74, 6) is -0.600. The smallest absolute Gasteiger partial charge is 0.343 e. The van der Waals surface area contributed by atoms with Crippen molar-refractivity contribution in [2.45, 2.75) is 32.4 Å². The lowest BCUT2D eigenvalue weighted by molar-refractivity contribution is -0.125. The standard InChI is InChI=1S/C19H24N4O4/c1-4-16(24)23-8-6-13(10-23)22-17-14-5-7-20-18(14)21-9-15(17)19(25)27-11-26-12(2)3/h4-5,7,9,12-13H,1,6,8,10-11H2,2-3H3,(H2,20,21,22)/t13-/m1/s1. The van der Waals surface area contributed by atoms with Gasteiger partial charge in [-0.3, -0.25) is 4.79 Å². The highest BCUT2D eigenvalue weighted by Crippen LogP contribution is 2.28. The zero-order chi connectivity index (χ0) is 19.4. The Hall–Kier alpha value is -2.87. The first-order valence-electron chi connectivity index (χ1n) is 8.92. The number of hydrogen-bond donors (Lipinski definition) is 2. The molecule has 1 aliphatic heterocycles. The summed E-state index contributed by atoms with van der Waals surface area (Å²) in [6.45, 7) is 8.33. The van der Waals surface area contributed by atoms with Crippen LogP contribution in [0.1, 0.15) is 30.6 Å². The number of carbonyl (C=O) groups is 2. The minimum atomic E-state index is -0.509. The maximum absolute atomic E-state index is 12.5. The van der Waals surface area contributed by atoms with Crippen LogP contribution < -0.4 is 5.32 Å². The first kappa shape index (κ1) is 18.9. The molecule has 0 bridgehead atoms. The van der Waals surface area contributed by atoms with Gasteiger partial charge in [-0.1, -0.05) is 6.58 Å². The van der Waals surface area contributed by atoms with Gasteiger partial charge in [-0.2, -0.15) is 0 Å². The second-order valence-corrected chi connectivity index (χ2v) is 6.67. The zero-order valence-electron chi connectivity index (χ0n) is 15.5. The molecule has 1 amide bonds. The number of anilines is 1. The Balaban J connectivity index is 1.80. The van der Waals surface area contributed by atoms with Crippen LogP contribution in [0.2, 0.25) is 0 Å². The largest absolute Gasteiger partial charge is 0.435 e. The van der Waals surface area contributed by atoms with Crippen LogP contribution in [0.5, 0.6) is 0 Å². The number of ether oxygens (including phenoxy) is 2. The van der Waals surface area contributed by atoms with Crippen molar-refractivity contribution in [3.05, 3.63) is 36.7 Å². The SMILES string of the molecule is C=CC(=O)N1CC[C@@H](Nc2c(C(=O)OCOC(C)C)cnc3[nH]ccc23)C1. The lowest BCUT2D eigenvalue weighted by Crippen LogP contribution is -2.30. The van der Waals surface area contributed by atoms with Gasteiger partial charge < -0.3 is 24.7 Å². The van der Waals surface area contributed by atoms with Crippen LogP contribution >= 0.6 is 0 Å². The normalized spacial score (nSPS) is 16.7. The second kappa shape index (κ2) is 8.22. The molecule has 1 atom stereocenters. The molecule has 2 N–H and O–H groups in total. The number of rotatable bonds is 7. The van der Waals surface area contributed by atoms with Crippen LogP contribution in [0, 0.1) is 0 Å². The summed E-state index contributed by atoms with van der Waals surface area (Å²) in [4.78, 5) is 33.4. The van der Waals surface area contributed by atoms with E-state index in [0.29, 0.717) is 30.0 Å². The predicted octanol–water partition coefficient (Wildman–Crippen LogP) is 2.30. The van der Waals surface area contributed by atoms with E-state index in [4.69, 9.17) is 9.47 Å². The molecule has 1 saturated heterocycles. The van der Waals surface area contributed by atoms with Crippen LogP contribution in [0.15, 0.2) is 31.1 Å². The summed E-state index contributed by atoms with van der Waals surface area (Å²) in [5, 5.41) is 4.19. The third-order valence-electron chi connectivity index (χ3n) is 4.42. The van der Waals surface area contributed by atoms with Gasteiger partial charge in [-0.15, -0.1) is 0 Å². The zero-order valence-corrected chi connectivity index (χ0v) is 15.5. The highest BCUT2D eigenvalue weighted by molar-refractivity contribution is 6.04. The van der Waals surface area contributed by atoms with E-state index < -0.39 is 5.97 Å². The van der Waals surface area contributed by atoms with Crippen LogP contribution in [-0.4, -0.2) is 58.8 Å². The van der Waals surface area contributed by atoms with Gasteiger partial charge in [-0.05, 0) is 32.4 Å². The molecule has 0 saturated carbocycles. The molecule has 0 unspecified atom stereocenters. The molecule has 1 fully saturated rings. The van der Waals surface area contributed by atoms with Gasteiger partial charge in [-0.25, -0.2) is 9.78 Å². The Morgan fingerprint density at radius 2 is 2.33 bits per heavy atom. The summed E-state index contributed by atoms with van der Waals surface area (Å²) in [7, 11) is 0. The Kier molecular flexibility index (Phi) is 5.75. The van der Waals surface area contributed by atoms with Crippen molar-refractivity contribution in [2.24, 2.45) is 0 Å². The minimum Gasteiger partial charge on any atom is -0.435 e. The second-order valence-electron chi connectivity index (χ2n) is 6.67. The molecule has 27 heavy (non-hydrogen) atoms. The van der Waals surface area contributed by atoms with E-state index >= 15 is 0 Å². The van der Waals surface area contributed by atoms with Crippen molar-refractivity contribution in [3.8, 4) is 0 Å². The number of hydrogen-bond acceptors (Lipinski definition) is 6. The average Bonchev–Trinajstić information content (AvgIpc) is 3.30. The summed E-state index contributed by atoms with van der Waals surface area (Å²) in [6.07, 6.45) is 5.31. The average molecular weight is 372 g/mol. The topological polar surface area (TPSA) is 96.6 Å². The van der Waals surface area contributed by atoms with Gasteiger partial charge in [0.1, 0.15) is 11.2 Å². The third kappa shape index (κ3) is 4.28. The number of nitrogens with one attached hydrogen (secondary N) is 2. The maximum Gasteiger partial charge on any atom is 0.343 e. The summed E-state index contributed by atoms with van der Waals surface area (Å²) < 4.78 is 10.5. The Morgan fingerprint density at radius 3 is 3.07 bits per heavy atom. The van der Waals surface area contributed by atoms with E-state index in [1.165, 1.54) is 12.3 Å². The molecular weight excluding hydrogens is 348 g/mol. The first-order valence-corrected chi connectivity index (χ1v) is 8.92. The molecule has 0 aromatic carbocycles.